The molecule has 1 N–H and O–H groups in total. The first-order valence-corrected chi connectivity index (χ1v) is 10.5. The van der Waals surface area contributed by atoms with Crippen molar-refractivity contribution in [2.45, 2.75) is 71.1 Å². The number of carbonyl (C=O) groups excluding carboxylic acids is 2. The van der Waals surface area contributed by atoms with Crippen molar-refractivity contribution >= 4 is 12.1 Å². The summed E-state index contributed by atoms with van der Waals surface area (Å²) in [6.45, 7) is 5.84. The van der Waals surface area contributed by atoms with Crippen molar-refractivity contribution in [1.29, 1.82) is 0 Å². The van der Waals surface area contributed by atoms with Crippen LogP contribution in [0.3, 0.4) is 0 Å². The standard InChI is InChI=1S/C23H31NO4/c1-22(2,3)28-21(26)24-19-18-10-16-9-17(11-18)13-23(19,12-16)20(25)27-14-15-7-5-4-6-8-15/h4-8,16-19H,9-14H2,1-3H3,(H,24,26). The fourth-order valence-electron chi connectivity index (χ4n) is 5.89. The second-order valence-corrected chi connectivity index (χ2v) is 9.95. The zero-order chi connectivity index (χ0) is 19.9. The highest BCUT2D eigenvalue weighted by Crippen LogP contribution is 2.60. The van der Waals surface area contributed by atoms with Crippen LogP contribution in [0.4, 0.5) is 4.79 Å². The van der Waals surface area contributed by atoms with Crippen LogP contribution < -0.4 is 5.32 Å². The molecule has 5 rings (SSSR count). The maximum Gasteiger partial charge on any atom is 0.407 e. The molecule has 0 radical (unpaired) electrons. The SMILES string of the molecule is CC(C)(C)OC(=O)NC1C2CC3CC(C2)CC1(C(=O)OCc1ccccc1)C3. The molecule has 5 nitrogen and oxygen atoms in total. The van der Waals surface area contributed by atoms with Crippen LogP contribution in [0.2, 0.25) is 0 Å². The third-order valence-electron chi connectivity index (χ3n) is 6.60. The number of hydrogen-bond acceptors (Lipinski definition) is 4. The van der Waals surface area contributed by atoms with E-state index in [-0.39, 0.29) is 18.6 Å². The van der Waals surface area contributed by atoms with Crippen molar-refractivity contribution < 1.29 is 19.1 Å². The summed E-state index contributed by atoms with van der Waals surface area (Å²) in [5.41, 5.74) is -0.186. The summed E-state index contributed by atoms with van der Waals surface area (Å²) in [7, 11) is 0. The number of hydrogen-bond donors (Lipinski definition) is 1. The Morgan fingerprint density at radius 1 is 1.07 bits per heavy atom. The fourth-order valence-corrected chi connectivity index (χ4v) is 5.89. The molecule has 4 bridgehead atoms. The molecule has 0 aromatic heterocycles. The molecule has 0 saturated heterocycles. The quantitative estimate of drug-likeness (QED) is 0.778. The molecular formula is C23H31NO4. The van der Waals surface area contributed by atoms with Gasteiger partial charge in [-0.3, -0.25) is 4.79 Å². The number of benzene rings is 1. The van der Waals surface area contributed by atoms with E-state index in [1.807, 2.05) is 51.1 Å². The molecule has 4 fully saturated rings. The van der Waals surface area contributed by atoms with Gasteiger partial charge in [0.05, 0.1) is 11.5 Å². The fraction of sp³-hybridized carbons (Fsp3) is 0.652. The number of carbonyl (C=O) groups is 2. The van der Waals surface area contributed by atoms with Gasteiger partial charge in [-0.05, 0) is 76.2 Å². The largest absolute Gasteiger partial charge is 0.460 e. The molecule has 0 heterocycles. The molecule has 4 aliphatic rings. The van der Waals surface area contributed by atoms with Crippen LogP contribution >= 0.6 is 0 Å². The van der Waals surface area contributed by atoms with Crippen LogP contribution in [0, 0.1) is 23.2 Å². The number of nitrogens with one attached hydrogen (secondary N) is 1. The molecule has 3 unspecified atom stereocenters. The Balaban J connectivity index is 1.52. The van der Waals surface area contributed by atoms with Gasteiger partial charge in [0.2, 0.25) is 0 Å². The molecule has 5 heteroatoms. The number of amides is 1. The third kappa shape index (κ3) is 3.76. The zero-order valence-electron chi connectivity index (χ0n) is 17.1. The van der Waals surface area contributed by atoms with Crippen LogP contribution in [0.1, 0.15) is 58.4 Å². The van der Waals surface area contributed by atoms with Gasteiger partial charge in [-0.25, -0.2) is 4.79 Å². The minimum Gasteiger partial charge on any atom is -0.460 e. The molecule has 4 aliphatic carbocycles. The van der Waals surface area contributed by atoms with E-state index in [0.717, 1.165) is 31.2 Å². The Kier molecular flexibility index (Phi) is 4.88. The highest BCUT2D eigenvalue weighted by molar-refractivity contribution is 5.80. The van der Waals surface area contributed by atoms with Crippen molar-refractivity contribution in [3.05, 3.63) is 35.9 Å². The molecule has 152 valence electrons. The van der Waals surface area contributed by atoms with Gasteiger partial charge in [0, 0.05) is 0 Å². The van der Waals surface area contributed by atoms with E-state index in [0.29, 0.717) is 17.8 Å². The Hall–Kier alpha value is -2.04. The molecular weight excluding hydrogens is 354 g/mol. The van der Waals surface area contributed by atoms with E-state index in [4.69, 9.17) is 9.47 Å². The van der Waals surface area contributed by atoms with Crippen molar-refractivity contribution in [2.75, 3.05) is 0 Å². The van der Waals surface area contributed by atoms with Crippen LogP contribution in [-0.4, -0.2) is 23.7 Å². The number of ether oxygens (including phenoxy) is 2. The minimum atomic E-state index is -0.611. The molecule has 0 spiro atoms. The van der Waals surface area contributed by atoms with Gasteiger partial charge in [-0.1, -0.05) is 30.3 Å². The van der Waals surface area contributed by atoms with Crippen molar-refractivity contribution in [1.82, 2.24) is 5.32 Å². The summed E-state index contributed by atoms with van der Waals surface area (Å²) in [6, 6.07) is 9.57. The van der Waals surface area contributed by atoms with Gasteiger partial charge < -0.3 is 14.8 Å². The smallest absolute Gasteiger partial charge is 0.407 e. The Labute approximate surface area is 167 Å². The molecule has 0 aliphatic heterocycles. The third-order valence-corrected chi connectivity index (χ3v) is 6.60. The van der Waals surface area contributed by atoms with Gasteiger partial charge in [0.1, 0.15) is 12.2 Å². The average Bonchev–Trinajstić information content (AvgIpc) is 2.61. The van der Waals surface area contributed by atoms with Gasteiger partial charge in [-0.2, -0.15) is 0 Å². The normalized spacial score (nSPS) is 33.4. The van der Waals surface area contributed by atoms with Crippen LogP contribution in [0.15, 0.2) is 30.3 Å². The van der Waals surface area contributed by atoms with Gasteiger partial charge in [-0.15, -0.1) is 0 Å². The maximum absolute atomic E-state index is 13.3. The van der Waals surface area contributed by atoms with Gasteiger partial charge >= 0.3 is 12.1 Å². The lowest BCUT2D eigenvalue weighted by Crippen LogP contribution is -2.65. The highest BCUT2D eigenvalue weighted by atomic mass is 16.6. The van der Waals surface area contributed by atoms with Crippen LogP contribution in [0.5, 0.6) is 0 Å². The minimum absolute atomic E-state index is 0.156. The summed E-state index contributed by atoms with van der Waals surface area (Å²) in [5, 5.41) is 3.08. The maximum atomic E-state index is 13.3. The molecule has 1 amide bonds. The lowest BCUT2D eigenvalue weighted by atomic mass is 9.47. The monoisotopic (exact) mass is 385 g/mol. The van der Waals surface area contributed by atoms with E-state index in [1.54, 1.807) is 0 Å². The first kappa shape index (κ1) is 19.3. The lowest BCUT2D eigenvalue weighted by molar-refractivity contribution is -0.178. The van der Waals surface area contributed by atoms with Gasteiger partial charge in [0.25, 0.3) is 0 Å². The number of alkyl carbamates (subject to hydrolysis) is 1. The van der Waals surface area contributed by atoms with E-state index in [2.05, 4.69) is 5.32 Å². The molecule has 28 heavy (non-hydrogen) atoms. The molecule has 4 saturated carbocycles. The van der Waals surface area contributed by atoms with Crippen molar-refractivity contribution in [3.63, 3.8) is 0 Å². The zero-order valence-corrected chi connectivity index (χ0v) is 17.1. The first-order valence-electron chi connectivity index (χ1n) is 10.5. The van der Waals surface area contributed by atoms with Crippen molar-refractivity contribution in [3.8, 4) is 0 Å². The van der Waals surface area contributed by atoms with Crippen LogP contribution in [0.25, 0.3) is 0 Å². The predicted molar refractivity (Wildman–Crippen MR) is 105 cm³/mol. The summed E-state index contributed by atoms with van der Waals surface area (Å²) >= 11 is 0. The van der Waals surface area contributed by atoms with E-state index in [9.17, 15) is 9.59 Å². The Bertz CT molecular complexity index is 725. The lowest BCUT2D eigenvalue weighted by Gasteiger charge is -2.59. The van der Waals surface area contributed by atoms with E-state index >= 15 is 0 Å². The Morgan fingerprint density at radius 3 is 2.32 bits per heavy atom. The summed E-state index contributed by atoms with van der Waals surface area (Å²) < 4.78 is 11.3. The Morgan fingerprint density at radius 2 is 1.71 bits per heavy atom. The molecule has 1 aromatic carbocycles. The second kappa shape index (κ2) is 7.09. The summed E-state index contributed by atoms with van der Waals surface area (Å²) in [4.78, 5) is 25.8. The topological polar surface area (TPSA) is 64.6 Å². The average molecular weight is 386 g/mol. The van der Waals surface area contributed by atoms with Crippen molar-refractivity contribution in [2.24, 2.45) is 23.2 Å². The summed E-state index contributed by atoms with van der Waals surface area (Å²) in [5.74, 6) is 1.32. The summed E-state index contributed by atoms with van der Waals surface area (Å²) in [6.07, 6.45) is 4.58. The van der Waals surface area contributed by atoms with E-state index in [1.165, 1.54) is 6.42 Å². The second-order valence-electron chi connectivity index (χ2n) is 9.95. The predicted octanol–water partition coefficient (Wildman–Crippen LogP) is 4.45. The number of esters is 1. The number of rotatable bonds is 4. The van der Waals surface area contributed by atoms with E-state index < -0.39 is 17.1 Å². The first-order chi connectivity index (χ1) is 13.2. The highest BCUT2D eigenvalue weighted by Gasteiger charge is 2.62. The van der Waals surface area contributed by atoms with Gasteiger partial charge in [0.15, 0.2) is 0 Å². The molecule has 1 aromatic rings. The van der Waals surface area contributed by atoms with Crippen LogP contribution in [-0.2, 0) is 20.9 Å². The molecule has 3 atom stereocenters.